The molecule has 0 unspecified atom stereocenters. The lowest BCUT2D eigenvalue weighted by Gasteiger charge is -2.15. The van der Waals surface area contributed by atoms with E-state index >= 15 is 0 Å². The average Bonchev–Trinajstić information content (AvgIpc) is 2.63. The molecular weight excluding hydrogens is 375 g/mol. The number of ether oxygens (including phenoxy) is 1. The van der Waals surface area contributed by atoms with Gasteiger partial charge in [-0.3, -0.25) is 4.79 Å². The largest absolute Gasteiger partial charge is 0.462 e. The fourth-order valence-corrected chi connectivity index (χ4v) is 2.59. The number of nitrogens with zero attached hydrogens (tertiary/aromatic N) is 1. The van der Waals surface area contributed by atoms with Gasteiger partial charge in [-0.2, -0.15) is 0 Å². The number of hydrogen-bond donors (Lipinski definition) is 1. The molecule has 0 spiro atoms. The van der Waals surface area contributed by atoms with Crippen LogP contribution in [0.5, 0.6) is 0 Å². The maximum atomic E-state index is 12.4. The van der Waals surface area contributed by atoms with Crippen molar-refractivity contribution in [3.8, 4) is 0 Å². The number of aromatic nitrogens is 1. The summed E-state index contributed by atoms with van der Waals surface area (Å²) in [7, 11) is 0. The van der Waals surface area contributed by atoms with Gasteiger partial charge in [0.1, 0.15) is 5.15 Å². The topological polar surface area (TPSA) is 68.3 Å². The number of pyridine rings is 1. The molecule has 1 aromatic heterocycles. The minimum atomic E-state index is -0.374. The molecule has 1 amide bonds. The third kappa shape index (κ3) is 5.44. The predicted molar refractivity (Wildman–Crippen MR) is 102 cm³/mol. The van der Waals surface area contributed by atoms with E-state index in [1.807, 2.05) is 13.8 Å². The fraction of sp³-hybridized carbons (Fsp3) is 0.316. The lowest BCUT2D eigenvalue weighted by Crippen LogP contribution is -2.27. The molecule has 0 aliphatic carbocycles. The summed E-state index contributed by atoms with van der Waals surface area (Å²) in [5.74, 6) is -0.723. The Morgan fingerprint density at radius 2 is 1.92 bits per heavy atom. The average molecular weight is 395 g/mol. The summed E-state index contributed by atoms with van der Waals surface area (Å²) in [6.45, 7) is 4.28. The number of nitrogens with one attached hydrogen (secondary N) is 1. The van der Waals surface area contributed by atoms with Crippen molar-refractivity contribution in [3.05, 3.63) is 63.4 Å². The van der Waals surface area contributed by atoms with Crippen molar-refractivity contribution in [3.63, 3.8) is 0 Å². The van der Waals surface area contributed by atoms with Crippen molar-refractivity contribution < 1.29 is 14.3 Å². The first kappa shape index (κ1) is 20.2. The Balaban J connectivity index is 2.01. The summed E-state index contributed by atoms with van der Waals surface area (Å²) >= 11 is 11.8. The second-order valence-corrected chi connectivity index (χ2v) is 6.59. The molecule has 138 valence electrons. The van der Waals surface area contributed by atoms with Crippen LogP contribution in [0.2, 0.25) is 10.2 Å². The normalized spacial score (nSPS) is 11.7. The molecule has 0 saturated carbocycles. The zero-order valence-corrected chi connectivity index (χ0v) is 16.1. The van der Waals surface area contributed by atoms with Crippen LogP contribution in [0, 0.1) is 0 Å². The molecule has 0 aliphatic rings. The van der Waals surface area contributed by atoms with Crippen LogP contribution in [0.15, 0.2) is 36.5 Å². The zero-order valence-electron chi connectivity index (χ0n) is 14.6. The monoisotopic (exact) mass is 394 g/mol. The first-order chi connectivity index (χ1) is 12.4. The summed E-state index contributed by atoms with van der Waals surface area (Å²) in [5.41, 5.74) is 1.53. The molecule has 1 aromatic carbocycles. The highest BCUT2D eigenvalue weighted by molar-refractivity contribution is 6.34. The second kappa shape index (κ2) is 9.55. The highest BCUT2D eigenvalue weighted by Crippen LogP contribution is 2.20. The molecule has 0 radical (unpaired) electrons. The van der Waals surface area contributed by atoms with E-state index in [1.165, 1.54) is 12.3 Å². The number of hydrogen-bond acceptors (Lipinski definition) is 4. The van der Waals surface area contributed by atoms with Gasteiger partial charge in [0.05, 0.1) is 28.8 Å². The molecule has 1 N–H and O–H groups in total. The Kier molecular flexibility index (Phi) is 7.42. The number of amides is 1. The standard InChI is InChI=1S/C19H20Cl2N2O3/c1-3-4-9-26-19(25)14-7-5-13(6-8-14)12(2)23-18(24)16-10-15(20)11-22-17(16)21/h5-8,10-12H,3-4,9H2,1-2H3,(H,23,24)/t12-/m0/s1. The van der Waals surface area contributed by atoms with E-state index < -0.39 is 0 Å². The summed E-state index contributed by atoms with van der Waals surface area (Å²) in [5, 5.41) is 3.25. The molecule has 2 aromatic rings. The van der Waals surface area contributed by atoms with Crippen LogP contribution in [0.3, 0.4) is 0 Å². The Labute approximate surface area is 162 Å². The fourth-order valence-electron chi connectivity index (χ4n) is 2.24. The first-order valence-electron chi connectivity index (χ1n) is 8.31. The molecule has 1 atom stereocenters. The Morgan fingerprint density at radius 3 is 2.58 bits per heavy atom. The van der Waals surface area contributed by atoms with Crippen LogP contribution in [0.1, 0.15) is 59.0 Å². The maximum absolute atomic E-state index is 12.4. The third-order valence-corrected chi connectivity index (χ3v) is 4.28. The second-order valence-electron chi connectivity index (χ2n) is 5.80. The summed E-state index contributed by atoms with van der Waals surface area (Å²) in [4.78, 5) is 28.1. The van der Waals surface area contributed by atoms with E-state index in [9.17, 15) is 9.59 Å². The zero-order chi connectivity index (χ0) is 19.1. The summed E-state index contributed by atoms with van der Waals surface area (Å²) in [6.07, 6.45) is 3.19. The van der Waals surface area contributed by atoms with E-state index in [0.29, 0.717) is 17.2 Å². The SMILES string of the molecule is CCCCOC(=O)c1ccc([C@H](C)NC(=O)c2cc(Cl)cnc2Cl)cc1. The van der Waals surface area contributed by atoms with Gasteiger partial charge in [-0.15, -0.1) is 0 Å². The first-order valence-corrected chi connectivity index (χ1v) is 9.07. The van der Waals surface area contributed by atoms with Crippen molar-refractivity contribution in [2.24, 2.45) is 0 Å². The van der Waals surface area contributed by atoms with Crippen LogP contribution in [0.4, 0.5) is 0 Å². The summed E-state index contributed by atoms with van der Waals surface area (Å²) < 4.78 is 5.17. The van der Waals surface area contributed by atoms with Gasteiger partial charge in [-0.05, 0) is 37.1 Å². The smallest absolute Gasteiger partial charge is 0.338 e. The van der Waals surface area contributed by atoms with Crippen molar-refractivity contribution in [2.45, 2.75) is 32.7 Å². The van der Waals surface area contributed by atoms with Gasteiger partial charge in [0.2, 0.25) is 0 Å². The number of benzene rings is 1. The number of halogens is 2. The van der Waals surface area contributed by atoms with Crippen molar-refractivity contribution in [2.75, 3.05) is 6.61 Å². The Morgan fingerprint density at radius 1 is 1.23 bits per heavy atom. The Hall–Kier alpha value is -2.11. The van der Waals surface area contributed by atoms with Gasteiger partial charge < -0.3 is 10.1 Å². The lowest BCUT2D eigenvalue weighted by atomic mass is 10.1. The lowest BCUT2D eigenvalue weighted by molar-refractivity contribution is 0.0499. The maximum Gasteiger partial charge on any atom is 0.338 e. The van der Waals surface area contributed by atoms with Crippen molar-refractivity contribution in [1.82, 2.24) is 10.3 Å². The van der Waals surface area contributed by atoms with Crippen molar-refractivity contribution in [1.29, 1.82) is 0 Å². The van der Waals surface area contributed by atoms with E-state index in [2.05, 4.69) is 10.3 Å². The molecule has 7 heteroatoms. The predicted octanol–water partition coefficient (Wildman–Crippen LogP) is 4.84. The van der Waals surface area contributed by atoms with Crippen LogP contribution in [-0.4, -0.2) is 23.5 Å². The Bertz CT molecular complexity index is 779. The van der Waals surface area contributed by atoms with Gasteiger partial charge in [0.15, 0.2) is 0 Å². The van der Waals surface area contributed by atoms with E-state index in [-0.39, 0.29) is 28.6 Å². The molecular formula is C19H20Cl2N2O3. The molecule has 5 nitrogen and oxygen atoms in total. The molecule has 0 bridgehead atoms. The molecule has 1 heterocycles. The van der Waals surface area contributed by atoms with Gasteiger partial charge in [0, 0.05) is 6.20 Å². The number of unbranched alkanes of at least 4 members (excludes halogenated alkanes) is 1. The highest BCUT2D eigenvalue weighted by Gasteiger charge is 2.16. The van der Waals surface area contributed by atoms with Gasteiger partial charge in [-0.25, -0.2) is 9.78 Å². The molecule has 0 fully saturated rings. The van der Waals surface area contributed by atoms with E-state index in [4.69, 9.17) is 27.9 Å². The molecule has 26 heavy (non-hydrogen) atoms. The minimum Gasteiger partial charge on any atom is -0.462 e. The quantitative estimate of drug-likeness (QED) is 0.414. The van der Waals surface area contributed by atoms with Crippen LogP contribution in [0.25, 0.3) is 0 Å². The van der Waals surface area contributed by atoms with Gasteiger partial charge in [0.25, 0.3) is 5.91 Å². The van der Waals surface area contributed by atoms with Crippen LogP contribution >= 0.6 is 23.2 Å². The van der Waals surface area contributed by atoms with E-state index in [1.54, 1.807) is 24.3 Å². The number of carbonyl (C=O) groups excluding carboxylic acids is 2. The van der Waals surface area contributed by atoms with Crippen molar-refractivity contribution >= 4 is 35.1 Å². The van der Waals surface area contributed by atoms with Crippen LogP contribution < -0.4 is 5.32 Å². The molecule has 2 rings (SSSR count). The van der Waals surface area contributed by atoms with Gasteiger partial charge >= 0.3 is 5.97 Å². The number of rotatable bonds is 7. The summed E-state index contributed by atoms with van der Waals surface area (Å²) in [6, 6.07) is 8.09. The molecule has 0 saturated heterocycles. The molecule has 0 aliphatic heterocycles. The number of esters is 1. The van der Waals surface area contributed by atoms with Crippen LogP contribution in [-0.2, 0) is 4.74 Å². The highest BCUT2D eigenvalue weighted by atomic mass is 35.5. The number of carbonyl (C=O) groups is 2. The minimum absolute atomic E-state index is 0.0873. The van der Waals surface area contributed by atoms with Gasteiger partial charge in [-0.1, -0.05) is 48.7 Å². The van der Waals surface area contributed by atoms with E-state index in [0.717, 1.165) is 18.4 Å². The third-order valence-electron chi connectivity index (χ3n) is 3.78.